The van der Waals surface area contributed by atoms with Gasteiger partial charge in [0.15, 0.2) is 0 Å². The van der Waals surface area contributed by atoms with E-state index in [1.54, 1.807) is 0 Å². The fraction of sp³-hybridized carbons (Fsp3) is 0.633. The number of ketones is 1. The third-order valence-corrected chi connectivity index (χ3v) is 11.4. The standard InChI is InChI=1S/C30H34O7/c1-12-4-6-17-14(3)29(35)37-27(17)23-18(12)10-20(32)30(23)9-8-15-5-7-16-13(2)28(34)36-26(16)22-19(11-31)25(33)24(30)21(15)22/h16-19,22-27,31,33H,1-11H2/t16-,17-,18-,19-,22-,23-,24-,25-,26-,27-,30+/m0/s1. The predicted molar refractivity (Wildman–Crippen MR) is 131 cm³/mol. The normalized spacial score (nSPS) is 48.4. The number of rotatable bonds is 1. The SMILES string of the molecule is C=C1C(=O)O[C@@H]2[C@@H]3C4=C(CC[C@@H]12)CC[C@]1(C(=O)C[C@H]2C(=C)CC[C@H]5C(=C)C(=O)O[C@@H]5[C@H]21)[C@@H]4[C@@H](O)[C@H]3CO. The van der Waals surface area contributed by atoms with E-state index in [-0.39, 0.29) is 42.0 Å². The van der Waals surface area contributed by atoms with E-state index in [4.69, 9.17) is 9.47 Å². The average molecular weight is 507 g/mol. The molecule has 5 fully saturated rings. The monoisotopic (exact) mass is 506 g/mol. The number of fused-ring (bicyclic) bond motifs is 7. The second-order valence-electron chi connectivity index (χ2n) is 12.4. The number of carbonyl (C=O) groups excluding carboxylic acids is 3. The maximum absolute atomic E-state index is 14.2. The minimum atomic E-state index is -0.968. The molecule has 2 aliphatic heterocycles. The Morgan fingerprint density at radius 3 is 2.24 bits per heavy atom. The van der Waals surface area contributed by atoms with E-state index in [1.165, 1.54) is 5.57 Å². The van der Waals surface area contributed by atoms with Crippen LogP contribution >= 0.6 is 0 Å². The molecule has 7 rings (SSSR count). The van der Waals surface area contributed by atoms with Crippen LogP contribution < -0.4 is 0 Å². The molecule has 0 aromatic rings. The van der Waals surface area contributed by atoms with Gasteiger partial charge in [-0.25, -0.2) is 9.59 Å². The van der Waals surface area contributed by atoms with Gasteiger partial charge in [0, 0.05) is 65.1 Å². The number of aliphatic hydroxyl groups excluding tert-OH is 2. The maximum Gasteiger partial charge on any atom is 0.334 e. The van der Waals surface area contributed by atoms with Crippen molar-refractivity contribution in [2.75, 3.05) is 6.61 Å². The van der Waals surface area contributed by atoms with E-state index in [9.17, 15) is 24.6 Å². The fourth-order valence-electron chi connectivity index (χ4n) is 9.80. The lowest BCUT2D eigenvalue weighted by Gasteiger charge is -2.48. The molecule has 2 saturated heterocycles. The van der Waals surface area contributed by atoms with Crippen LogP contribution in [0.3, 0.4) is 0 Å². The molecule has 3 saturated carbocycles. The van der Waals surface area contributed by atoms with Gasteiger partial charge in [-0.05, 0) is 44.4 Å². The van der Waals surface area contributed by atoms with Crippen LogP contribution in [0, 0.1) is 46.8 Å². The van der Waals surface area contributed by atoms with Gasteiger partial charge in [-0.15, -0.1) is 0 Å². The zero-order chi connectivity index (χ0) is 26.0. The minimum absolute atomic E-state index is 0.0967. The third-order valence-electron chi connectivity index (χ3n) is 11.4. The van der Waals surface area contributed by atoms with Crippen LogP contribution in [0.15, 0.2) is 47.6 Å². The van der Waals surface area contributed by atoms with Gasteiger partial charge < -0.3 is 19.7 Å². The number of aliphatic hydroxyl groups is 2. The van der Waals surface area contributed by atoms with Gasteiger partial charge >= 0.3 is 11.9 Å². The van der Waals surface area contributed by atoms with Crippen molar-refractivity contribution in [1.29, 1.82) is 0 Å². The second kappa shape index (κ2) is 7.76. The third kappa shape index (κ3) is 2.77. The maximum atomic E-state index is 14.2. The summed E-state index contributed by atoms with van der Waals surface area (Å²) in [5, 5.41) is 22.5. The number of carbonyl (C=O) groups is 3. The molecule has 7 aliphatic rings. The van der Waals surface area contributed by atoms with E-state index >= 15 is 0 Å². The summed E-state index contributed by atoms with van der Waals surface area (Å²) in [6.45, 7) is 12.1. The summed E-state index contributed by atoms with van der Waals surface area (Å²) in [4.78, 5) is 39.5. The summed E-state index contributed by atoms with van der Waals surface area (Å²) >= 11 is 0. The Balaban J connectivity index is 1.40. The van der Waals surface area contributed by atoms with E-state index in [0.717, 1.165) is 30.4 Å². The number of allylic oxidation sites excluding steroid dienone is 2. The molecule has 7 nitrogen and oxygen atoms in total. The summed E-state index contributed by atoms with van der Waals surface area (Å²) in [5.74, 6) is -2.86. The molecule has 7 heteroatoms. The largest absolute Gasteiger partial charge is 0.458 e. The predicted octanol–water partition coefficient (Wildman–Crippen LogP) is 2.82. The first kappa shape index (κ1) is 23.6. The highest BCUT2D eigenvalue weighted by Gasteiger charge is 2.71. The molecule has 0 radical (unpaired) electrons. The number of hydrogen-bond acceptors (Lipinski definition) is 7. The summed E-state index contributed by atoms with van der Waals surface area (Å²) in [6.07, 6.45) is 2.61. The van der Waals surface area contributed by atoms with Gasteiger partial charge in [0.1, 0.15) is 18.0 Å². The van der Waals surface area contributed by atoms with Crippen molar-refractivity contribution in [3.8, 4) is 0 Å². The Labute approximate surface area is 216 Å². The molecule has 11 atom stereocenters. The zero-order valence-electron chi connectivity index (χ0n) is 21.0. The molecule has 196 valence electrons. The number of Topliss-reactive ketones (excluding diaryl/α,β-unsaturated/α-hetero) is 1. The molecule has 0 unspecified atom stereocenters. The van der Waals surface area contributed by atoms with Crippen molar-refractivity contribution >= 4 is 17.7 Å². The molecule has 37 heavy (non-hydrogen) atoms. The highest BCUT2D eigenvalue weighted by Crippen LogP contribution is 2.69. The highest BCUT2D eigenvalue weighted by atomic mass is 16.6. The Bertz CT molecular complexity index is 1210. The minimum Gasteiger partial charge on any atom is -0.458 e. The molecule has 5 aliphatic carbocycles. The number of hydrogen-bond donors (Lipinski definition) is 2. The number of ether oxygens (including phenoxy) is 2. The van der Waals surface area contributed by atoms with Crippen molar-refractivity contribution in [3.63, 3.8) is 0 Å². The van der Waals surface area contributed by atoms with E-state index in [1.807, 2.05) is 0 Å². The van der Waals surface area contributed by atoms with Crippen molar-refractivity contribution in [2.45, 2.75) is 63.3 Å². The smallest absolute Gasteiger partial charge is 0.334 e. The van der Waals surface area contributed by atoms with Crippen LogP contribution in [0.1, 0.15) is 44.9 Å². The summed E-state index contributed by atoms with van der Waals surface area (Å²) in [6, 6.07) is 0. The first-order chi connectivity index (χ1) is 17.7. The van der Waals surface area contributed by atoms with Gasteiger partial charge in [-0.1, -0.05) is 36.5 Å². The van der Waals surface area contributed by atoms with Crippen LogP contribution in [0.25, 0.3) is 0 Å². The summed E-state index contributed by atoms with van der Waals surface area (Å²) < 4.78 is 11.9. The zero-order valence-corrected chi connectivity index (χ0v) is 21.0. The van der Waals surface area contributed by atoms with Crippen molar-refractivity contribution in [2.24, 2.45) is 46.8 Å². The average Bonchev–Trinajstić information content (AvgIpc) is 3.46. The van der Waals surface area contributed by atoms with E-state index < -0.39 is 47.5 Å². The van der Waals surface area contributed by atoms with Crippen molar-refractivity contribution in [1.82, 2.24) is 0 Å². The molecular weight excluding hydrogens is 472 g/mol. The second-order valence-corrected chi connectivity index (χ2v) is 12.4. The van der Waals surface area contributed by atoms with Crippen LogP contribution in [0.5, 0.6) is 0 Å². The lowest BCUT2D eigenvalue weighted by Crippen LogP contribution is -2.52. The molecule has 2 heterocycles. The fourth-order valence-corrected chi connectivity index (χ4v) is 9.80. The van der Waals surface area contributed by atoms with Gasteiger partial charge in [-0.3, -0.25) is 4.79 Å². The van der Waals surface area contributed by atoms with E-state index in [2.05, 4.69) is 19.7 Å². The molecule has 1 spiro atoms. The van der Waals surface area contributed by atoms with Gasteiger partial charge in [0.05, 0.1) is 6.10 Å². The topological polar surface area (TPSA) is 110 Å². The van der Waals surface area contributed by atoms with Crippen molar-refractivity contribution in [3.05, 3.63) is 47.6 Å². The number of esters is 2. The van der Waals surface area contributed by atoms with Gasteiger partial charge in [-0.2, -0.15) is 0 Å². The lowest BCUT2D eigenvalue weighted by atomic mass is 9.55. The van der Waals surface area contributed by atoms with E-state index in [0.29, 0.717) is 36.8 Å². The Morgan fingerprint density at radius 1 is 0.892 bits per heavy atom. The van der Waals surface area contributed by atoms with Crippen molar-refractivity contribution < 1.29 is 34.1 Å². The van der Waals surface area contributed by atoms with Gasteiger partial charge in [0.2, 0.25) is 0 Å². The molecule has 0 bridgehead atoms. The first-order valence-corrected chi connectivity index (χ1v) is 13.7. The Hall–Kier alpha value is -2.51. The van der Waals surface area contributed by atoms with Crippen LogP contribution in [-0.2, 0) is 23.9 Å². The Kier molecular flexibility index (Phi) is 4.95. The quantitative estimate of drug-likeness (QED) is 0.320. The molecule has 0 aromatic carbocycles. The van der Waals surface area contributed by atoms with Crippen LogP contribution in [-0.4, -0.2) is 52.9 Å². The molecule has 0 amide bonds. The summed E-state index contributed by atoms with van der Waals surface area (Å²) in [5.41, 5.74) is 3.25. The van der Waals surface area contributed by atoms with Crippen LogP contribution in [0.2, 0.25) is 0 Å². The highest BCUT2D eigenvalue weighted by molar-refractivity contribution is 5.93. The molecular formula is C30H34O7. The van der Waals surface area contributed by atoms with Crippen LogP contribution in [0.4, 0.5) is 0 Å². The lowest BCUT2D eigenvalue weighted by molar-refractivity contribution is -0.151. The summed E-state index contributed by atoms with van der Waals surface area (Å²) in [7, 11) is 0. The first-order valence-electron chi connectivity index (χ1n) is 13.7. The molecule has 2 N–H and O–H groups in total. The molecule has 0 aromatic heterocycles. The van der Waals surface area contributed by atoms with Gasteiger partial charge in [0.25, 0.3) is 0 Å². The Morgan fingerprint density at radius 2 is 1.54 bits per heavy atom.